The van der Waals surface area contributed by atoms with Gasteiger partial charge in [0.25, 0.3) is 0 Å². The lowest BCUT2D eigenvalue weighted by Gasteiger charge is -2.38. The van der Waals surface area contributed by atoms with Crippen LogP contribution in [0.1, 0.15) is 12.5 Å². The van der Waals surface area contributed by atoms with Gasteiger partial charge in [0.05, 0.1) is 12.6 Å². The molecule has 1 aromatic rings. The highest BCUT2D eigenvalue weighted by Gasteiger charge is 2.35. The number of amides is 1. The van der Waals surface area contributed by atoms with E-state index in [2.05, 4.69) is 45.2 Å². The molecule has 1 aromatic carbocycles. The maximum atomic E-state index is 12.1. The van der Waals surface area contributed by atoms with Crippen molar-refractivity contribution in [2.24, 2.45) is 0 Å². The maximum absolute atomic E-state index is 12.1. The molecule has 19 heavy (non-hydrogen) atoms. The molecule has 3 atom stereocenters. The van der Waals surface area contributed by atoms with Gasteiger partial charge in [-0.15, -0.1) is 0 Å². The molecular formula is C13H15I2NO3. The number of carbonyl (C=O) groups excluding carboxylic acids is 1. The lowest BCUT2D eigenvalue weighted by atomic mass is 10.2. The van der Waals surface area contributed by atoms with Crippen molar-refractivity contribution in [3.05, 3.63) is 35.9 Å². The Morgan fingerprint density at radius 2 is 2.11 bits per heavy atom. The number of ether oxygens (including phenoxy) is 2. The number of alkyl halides is 2. The fourth-order valence-electron chi connectivity index (χ4n) is 1.80. The normalized spacial score (nSPS) is 27.1. The summed E-state index contributed by atoms with van der Waals surface area (Å²) in [7, 11) is 0. The van der Waals surface area contributed by atoms with Crippen LogP contribution in [0.4, 0.5) is 4.79 Å². The van der Waals surface area contributed by atoms with Crippen LogP contribution in [0, 0.1) is 0 Å². The summed E-state index contributed by atoms with van der Waals surface area (Å²) in [6, 6.07) is 9.72. The topological polar surface area (TPSA) is 38.8 Å². The van der Waals surface area contributed by atoms with Gasteiger partial charge >= 0.3 is 6.09 Å². The summed E-state index contributed by atoms with van der Waals surface area (Å²) in [4.78, 5) is 13.9. The van der Waals surface area contributed by atoms with Crippen molar-refractivity contribution in [1.82, 2.24) is 4.90 Å². The summed E-state index contributed by atoms with van der Waals surface area (Å²) in [5.41, 5.74) is 0.994. The highest BCUT2D eigenvalue weighted by molar-refractivity contribution is 14.1. The quantitative estimate of drug-likeness (QED) is 0.474. The summed E-state index contributed by atoms with van der Waals surface area (Å²) in [6.45, 7) is 2.85. The predicted molar refractivity (Wildman–Crippen MR) is 89.5 cm³/mol. The third-order valence-electron chi connectivity index (χ3n) is 2.93. The average molecular weight is 487 g/mol. The summed E-state index contributed by atoms with van der Waals surface area (Å²) < 4.78 is 11.0. The number of benzene rings is 1. The maximum Gasteiger partial charge on any atom is 0.410 e. The van der Waals surface area contributed by atoms with E-state index in [-0.39, 0.29) is 20.4 Å². The Balaban J connectivity index is 1.92. The van der Waals surface area contributed by atoms with E-state index < -0.39 is 0 Å². The van der Waals surface area contributed by atoms with E-state index in [9.17, 15) is 4.79 Å². The van der Waals surface area contributed by atoms with Crippen LogP contribution in [0.2, 0.25) is 0 Å². The molecule has 0 aliphatic carbocycles. The Kier molecular flexibility index (Phi) is 5.70. The molecule has 0 N–H and O–H groups in total. The van der Waals surface area contributed by atoms with Crippen molar-refractivity contribution in [3.8, 4) is 0 Å². The minimum absolute atomic E-state index is 0.00229. The molecule has 1 aliphatic rings. The van der Waals surface area contributed by atoms with Crippen molar-refractivity contribution in [1.29, 1.82) is 0 Å². The Morgan fingerprint density at radius 1 is 1.42 bits per heavy atom. The molecule has 2 rings (SSSR count). The first-order valence-corrected chi connectivity index (χ1v) is 8.48. The van der Waals surface area contributed by atoms with E-state index in [0.717, 1.165) is 5.56 Å². The van der Waals surface area contributed by atoms with Crippen LogP contribution in [0.3, 0.4) is 0 Å². The molecule has 1 fully saturated rings. The Morgan fingerprint density at radius 3 is 2.79 bits per heavy atom. The van der Waals surface area contributed by atoms with E-state index in [0.29, 0.717) is 13.2 Å². The van der Waals surface area contributed by atoms with Gasteiger partial charge in [0.2, 0.25) is 0 Å². The molecule has 6 heteroatoms. The SMILES string of the molecule is CC1C(I)OC(I)CN1C(=O)OCc1ccccc1. The lowest BCUT2D eigenvalue weighted by molar-refractivity contribution is -0.0216. The van der Waals surface area contributed by atoms with E-state index in [4.69, 9.17) is 9.47 Å². The summed E-state index contributed by atoms with van der Waals surface area (Å²) >= 11 is 4.40. The molecule has 4 nitrogen and oxygen atoms in total. The minimum atomic E-state index is -0.275. The molecule has 0 aromatic heterocycles. The van der Waals surface area contributed by atoms with Crippen molar-refractivity contribution >= 4 is 51.3 Å². The molecule has 104 valence electrons. The van der Waals surface area contributed by atoms with Gasteiger partial charge in [-0.1, -0.05) is 30.3 Å². The smallest absolute Gasteiger partial charge is 0.410 e. The average Bonchev–Trinajstić information content (AvgIpc) is 2.41. The molecular weight excluding hydrogens is 472 g/mol. The van der Waals surface area contributed by atoms with Crippen LogP contribution < -0.4 is 0 Å². The number of morpholine rings is 1. The third-order valence-corrected chi connectivity index (χ3v) is 4.95. The third kappa shape index (κ3) is 4.19. The van der Waals surface area contributed by atoms with Crippen LogP contribution >= 0.6 is 45.2 Å². The second-order valence-corrected chi connectivity index (χ2v) is 6.95. The standard InChI is InChI=1S/C13H15I2NO3/c1-9-12(15)19-11(14)7-16(9)13(17)18-8-10-5-3-2-4-6-10/h2-6,9,11-12H,7-8H2,1H3. The summed E-state index contributed by atoms with van der Waals surface area (Å²) in [5, 5.41) is 0. The number of halogens is 2. The lowest BCUT2D eigenvalue weighted by Crippen LogP contribution is -2.52. The first-order chi connectivity index (χ1) is 9.08. The number of hydrogen-bond acceptors (Lipinski definition) is 3. The first kappa shape index (κ1) is 15.3. The highest BCUT2D eigenvalue weighted by atomic mass is 127. The fraction of sp³-hybridized carbons (Fsp3) is 0.462. The minimum Gasteiger partial charge on any atom is -0.445 e. The largest absolute Gasteiger partial charge is 0.445 e. The van der Waals surface area contributed by atoms with Crippen molar-refractivity contribution in [2.45, 2.75) is 27.8 Å². The van der Waals surface area contributed by atoms with Crippen molar-refractivity contribution in [2.75, 3.05) is 6.54 Å². The van der Waals surface area contributed by atoms with Gasteiger partial charge in [0.1, 0.15) is 14.8 Å². The molecule has 1 amide bonds. The molecule has 1 saturated heterocycles. The van der Waals surface area contributed by atoms with Crippen LogP contribution in [-0.4, -0.2) is 31.8 Å². The Bertz CT molecular complexity index is 429. The molecule has 0 spiro atoms. The Labute approximate surface area is 140 Å². The zero-order valence-corrected chi connectivity index (χ0v) is 14.8. The predicted octanol–water partition coefficient (Wildman–Crippen LogP) is 3.57. The van der Waals surface area contributed by atoms with Gasteiger partial charge in [-0.3, -0.25) is 4.90 Å². The van der Waals surface area contributed by atoms with Gasteiger partial charge in [0.15, 0.2) is 0 Å². The van der Waals surface area contributed by atoms with E-state index >= 15 is 0 Å². The fourth-order valence-corrected chi connectivity index (χ4v) is 3.85. The van der Waals surface area contributed by atoms with Crippen molar-refractivity contribution in [3.63, 3.8) is 0 Å². The Hall–Kier alpha value is -0.0900. The molecule has 0 radical (unpaired) electrons. The number of hydrogen-bond donors (Lipinski definition) is 0. The molecule has 3 unspecified atom stereocenters. The summed E-state index contributed by atoms with van der Waals surface area (Å²) in [5.74, 6) is 0. The second-order valence-electron chi connectivity index (χ2n) is 4.33. The van der Waals surface area contributed by atoms with E-state index in [1.807, 2.05) is 37.3 Å². The molecule has 1 heterocycles. The van der Waals surface area contributed by atoms with Gasteiger partial charge in [0, 0.05) is 0 Å². The van der Waals surface area contributed by atoms with Gasteiger partial charge in [-0.25, -0.2) is 4.79 Å². The van der Waals surface area contributed by atoms with Crippen molar-refractivity contribution < 1.29 is 14.3 Å². The van der Waals surface area contributed by atoms with Gasteiger partial charge < -0.3 is 9.47 Å². The molecule has 1 aliphatic heterocycles. The molecule has 0 saturated carbocycles. The number of carbonyl (C=O) groups is 1. The zero-order chi connectivity index (χ0) is 13.8. The second kappa shape index (κ2) is 7.07. The number of rotatable bonds is 2. The van der Waals surface area contributed by atoms with Crippen LogP contribution in [-0.2, 0) is 16.1 Å². The highest BCUT2D eigenvalue weighted by Crippen LogP contribution is 2.26. The molecule has 0 bridgehead atoms. The monoisotopic (exact) mass is 487 g/mol. The van der Waals surface area contributed by atoms with Crippen LogP contribution in [0.25, 0.3) is 0 Å². The van der Waals surface area contributed by atoms with Crippen LogP contribution in [0.15, 0.2) is 30.3 Å². The van der Waals surface area contributed by atoms with Crippen LogP contribution in [0.5, 0.6) is 0 Å². The number of nitrogens with zero attached hydrogens (tertiary/aromatic N) is 1. The first-order valence-electron chi connectivity index (χ1n) is 5.99. The van der Waals surface area contributed by atoms with E-state index in [1.165, 1.54) is 0 Å². The van der Waals surface area contributed by atoms with E-state index in [1.54, 1.807) is 4.90 Å². The summed E-state index contributed by atoms with van der Waals surface area (Å²) in [6.07, 6.45) is -0.275. The zero-order valence-electron chi connectivity index (χ0n) is 10.5. The van der Waals surface area contributed by atoms with Gasteiger partial charge in [-0.05, 0) is 57.7 Å². The van der Waals surface area contributed by atoms with Gasteiger partial charge in [-0.2, -0.15) is 0 Å².